The number of benzene rings is 1. The lowest BCUT2D eigenvalue weighted by atomic mass is 9.93. The van der Waals surface area contributed by atoms with Gasteiger partial charge < -0.3 is 14.4 Å². The Morgan fingerprint density at radius 1 is 1.29 bits per heavy atom. The molecular weight excluding hydrogens is 264 g/mol. The fraction of sp³-hybridized carbons (Fsp3) is 0.471. The second-order valence-electron chi connectivity index (χ2n) is 5.35. The molecule has 0 amide bonds. The summed E-state index contributed by atoms with van der Waals surface area (Å²) in [5, 5.41) is 8.75. The van der Waals surface area contributed by atoms with Crippen molar-refractivity contribution in [2.24, 2.45) is 0 Å². The van der Waals surface area contributed by atoms with Crippen LogP contribution in [0.4, 0.5) is 0 Å². The van der Waals surface area contributed by atoms with Crippen molar-refractivity contribution >= 4 is 0 Å². The molecule has 1 N–H and O–H groups in total. The number of nitrogens with zero attached hydrogens (tertiary/aromatic N) is 2. The van der Waals surface area contributed by atoms with E-state index in [4.69, 9.17) is 9.84 Å². The summed E-state index contributed by atoms with van der Waals surface area (Å²) >= 11 is 0. The van der Waals surface area contributed by atoms with Gasteiger partial charge in [-0.3, -0.25) is 0 Å². The van der Waals surface area contributed by atoms with Crippen LogP contribution in [0.15, 0.2) is 43.0 Å². The van der Waals surface area contributed by atoms with E-state index in [0.717, 1.165) is 18.6 Å². The van der Waals surface area contributed by atoms with Crippen molar-refractivity contribution in [2.75, 3.05) is 13.2 Å². The van der Waals surface area contributed by atoms with Crippen molar-refractivity contribution < 1.29 is 9.84 Å². The normalized spacial score (nSPS) is 13.9. The minimum atomic E-state index is 0.0429. The summed E-state index contributed by atoms with van der Waals surface area (Å²) in [5.41, 5.74) is 1.31. The molecule has 0 aliphatic carbocycles. The Labute approximate surface area is 126 Å². The molecule has 4 nitrogen and oxygen atoms in total. The monoisotopic (exact) mass is 288 g/mol. The average Bonchev–Trinajstić information content (AvgIpc) is 3.05. The number of aliphatic hydroxyl groups is 1. The number of hydrogen-bond donors (Lipinski definition) is 1. The third kappa shape index (κ3) is 4.33. The summed E-state index contributed by atoms with van der Waals surface area (Å²) in [7, 11) is 0. The first-order valence-corrected chi connectivity index (χ1v) is 7.55. The predicted molar refractivity (Wildman–Crippen MR) is 83.6 cm³/mol. The molecule has 2 unspecified atom stereocenters. The van der Waals surface area contributed by atoms with Crippen LogP contribution < -0.4 is 4.74 Å². The van der Waals surface area contributed by atoms with Gasteiger partial charge in [0.2, 0.25) is 0 Å². The fourth-order valence-corrected chi connectivity index (χ4v) is 2.58. The van der Waals surface area contributed by atoms with Gasteiger partial charge in [0.25, 0.3) is 0 Å². The molecule has 0 saturated heterocycles. The standard InChI is InChI=1S/C17H24N2O2/c1-3-16(19-9-8-18-13-19)12-14(2)15-4-6-17(7-5-15)21-11-10-20/h4-9,13-14,16,20H,3,10-12H2,1-2H3. The van der Waals surface area contributed by atoms with Crippen molar-refractivity contribution in [1.82, 2.24) is 9.55 Å². The van der Waals surface area contributed by atoms with E-state index in [1.807, 2.05) is 30.9 Å². The van der Waals surface area contributed by atoms with Crippen LogP contribution in [0.2, 0.25) is 0 Å². The van der Waals surface area contributed by atoms with Gasteiger partial charge in [-0.15, -0.1) is 0 Å². The van der Waals surface area contributed by atoms with Crippen LogP contribution in [0.3, 0.4) is 0 Å². The number of hydrogen-bond acceptors (Lipinski definition) is 3. The first-order valence-electron chi connectivity index (χ1n) is 7.55. The van der Waals surface area contributed by atoms with Crippen LogP contribution >= 0.6 is 0 Å². The van der Waals surface area contributed by atoms with Crippen LogP contribution in [-0.4, -0.2) is 27.9 Å². The molecule has 1 aromatic heterocycles. The number of ether oxygens (including phenoxy) is 1. The molecule has 4 heteroatoms. The van der Waals surface area contributed by atoms with Gasteiger partial charge in [-0.1, -0.05) is 26.0 Å². The molecule has 2 aromatic rings. The zero-order valence-electron chi connectivity index (χ0n) is 12.8. The molecule has 114 valence electrons. The van der Waals surface area contributed by atoms with E-state index >= 15 is 0 Å². The Kier molecular flexibility index (Phi) is 5.81. The van der Waals surface area contributed by atoms with E-state index in [9.17, 15) is 0 Å². The number of imidazole rings is 1. The Bertz CT molecular complexity index is 508. The quantitative estimate of drug-likeness (QED) is 0.810. The van der Waals surface area contributed by atoms with Gasteiger partial charge in [0.05, 0.1) is 12.9 Å². The smallest absolute Gasteiger partial charge is 0.119 e. The molecule has 21 heavy (non-hydrogen) atoms. The SMILES string of the molecule is CCC(CC(C)c1ccc(OCCO)cc1)n1ccnc1. The highest BCUT2D eigenvalue weighted by atomic mass is 16.5. The van der Waals surface area contributed by atoms with Gasteiger partial charge in [0.1, 0.15) is 12.4 Å². The van der Waals surface area contributed by atoms with Gasteiger partial charge >= 0.3 is 0 Å². The summed E-state index contributed by atoms with van der Waals surface area (Å²) in [4.78, 5) is 4.14. The van der Waals surface area contributed by atoms with Crippen LogP contribution in [0, 0.1) is 0 Å². The zero-order chi connectivity index (χ0) is 15.1. The number of aromatic nitrogens is 2. The van der Waals surface area contributed by atoms with Crippen molar-refractivity contribution in [3.05, 3.63) is 48.5 Å². The van der Waals surface area contributed by atoms with E-state index in [-0.39, 0.29) is 6.61 Å². The second-order valence-corrected chi connectivity index (χ2v) is 5.35. The Morgan fingerprint density at radius 2 is 2.05 bits per heavy atom. The van der Waals surface area contributed by atoms with E-state index in [1.54, 1.807) is 0 Å². The number of aliphatic hydroxyl groups excluding tert-OH is 1. The van der Waals surface area contributed by atoms with Crippen molar-refractivity contribution in [2.45, 2.75) is 38.6 Å². The molecule has 2 atom stereocenters. The maximum Gasteiger partial charge on any atom is 0.119 e. The van der Waals surface area contributed by atoms with Gasteiger partial charge in [-0.2, -0.15) is 0 Å². The fourth-order valence-electron chi connectivity index (χ4n) is 2.58. The maximum atomic E-state index is 8.75. The minimum Gasteiger partial charge on any atom is -0.491 e. The zero-order valence-corrected chi connectivity index (χ0v) is 12.8. The Morgan fingerprint density at radius 3 is 2.62 bits per heavy atom. The average molecular weight is 288 g/mol. The van der Waals surface area contributed by atoms with Gasteiger partial charge in [-0.05, 0) is 36.5 Å². The molecule has 1 heterocycles. The lowest BCUT2D eigenvalue weighted by Gasteiger charge is -2.21. The van der Waals surface area contributed by atoms with Crippen LogP contribution in [0.5, 0.6) is 5.75 Å². The summed E-state index contributed by atoms with van der Waals surface area (Å²) in [5.74, 6) is 1.28. The molecule has 2 rings (SSSR count). The van der Waals surface area contributed by atoms with E-state index < -0.39 is 0 Å². The molecule has 0 saturated carbocycles. The summed E-state index contributed by atoms with van der Waals surface area (Å²) in [6, 6.07) is 8.64. The van der Waals surface area contributed by atoms with Crippen molar-refractivity contribution in [3.8, 4) is 5.75 Å². The molecule has 0 bridgehead atoms. The van der Waals surface area contributed by atoms with Gasteiger partial charge in [0, 0.05) is 18.4 Å². The van der Waals surface area contributed by atoms with Gasteiger partial charge in [-0.25, -0.2) is 4.98 Å². The van der Waals surface area contributed by atoms with Gasteiger partial charge in [0.15, 0.2) is 0 Å². The topological polar surface area (TPSA) is 47.3 Å². The maximum absolute atomic E-state index is 8.75. The largest absolute Gasteiger partial charge is 0.491 e. The third-order valence-corrected chi connectivity index (χ3v) is 3.85. The van der Waals surface area contributed by atoms with Crippen molar-refractivity contribution in [3.63, 3.8) is 0 Å². The van der Waals surface area contributed by atoms with E-state index in [2.05, 4.69) is 35.5 Å². The second kappa shape index (κ2) is 7.84. The summed E-state index contributed by atoms with van der Waals surface area (Å²) < 4.78 is 7.58. The Balaban J connectivity index is 1.97. The van der Waals surface area contributed by atoms with Crippen LogP contribution in [0.1, 0.15) is 44.2 Å². The van der Waals surface area contributed by atoms with E-state index in [1.165, 1.54) is 5.56 Å². The highest BCUT2D eigenvalue weighted by Crippen LogP contribution is 2.29. The molecule has 0 radical (unpaired) electrons. The van der Waals surface area contributed by atoms with Crippen LogP contribution in [0.25, 0.3) is 0 Å². The van der Waals surface area contributed by atoms with Crippen LogP contribution in [-0.2, 0) is 0 Å². The summed E-state index contributed by atoms with van der Waals surface area (Å²) in [6.45, 7) is 4.85. The molecule has 1 aromatic carbocycles. The molecule has 0 aliphatic heterocycles. The van der Waals surface area contributed by atoms with Crippen molar-refractivity contribution in [1.29, 1.82) is 0 Å². The third-order valence-electron chi connectivity index (χ3n) is 3.85. The predicted octanol–water partition coefficient (Wildman–Crippen LogP) is 3.40. The molecule has 0 aliphatic rings. The Hall–Kier alpha value is -1.81. The number of rotatable bonds is 8. The minimum absolute atomic E-state index is 0.0429. The molecule has 0 spiro atoms. The first-order chi connectivity index (χ1) is 10.2. The highest BCUT2D eigenvalue weighted by molar-refractivity contribution is 5.29. The lowest BCUT2D eigenvalue weighted by molar-refractivity contribution is 0.201. The van der Waals surface area contributed by atoms with E-state index in [0.29, 0.717) is 18.6 Å². The lowest BCUT2D eigenvalue weighted by Crippen LogP contribution is -2.09. The molecule has 0 fully saturated rings. The highest BCUT2D eigenvalue weighted by Gasteiger charge is 2.14. The first kappa shape index (κ1) is 15.6. The molecular formula is C17H24N2O2. The summed E-state index contributed by atoms with van der Waals surface area (Å²) in [6.07, 6.45) is 7.95.